The van der Waals surface area contributed by atoms with Crippen molar-refractivity contribution in [1.29, 1.82) is 0 Å². The molecule has 0 radical (unpaired) electrons. The largest absolute Gasteiger partial charge is 0.481 e. The molecule has 0 aliphatic heterocycles. The molecule has 0 unspecified atom stereocenters. The maximum absolute atomic E-state index is 12.0. The summed E-state index contributed by atoms with van der Waals surface area (Å²) in [6, 6.07) is 0. The van der Waals surface area contributed by atoms with Gasteiger partial charge in [-0.25, -0.2) is 0 Å². The first kappa shape index (κ1) is 16.3. The van der Waals surface area contributed by atoms with Crippen LogP contribution in [0.2, 0.25) is 0 Å². The highest BCUT2D eigenvalue weighted by Crippen LogP contribution is 2.65. The van der Waals surface area contributed by atoms with Crippen molar-refractivity contribution in [2.45, 2.75) is 85.5 Å². The lowest BCUT2D eigenvalue weighted by molar-refractivity contribution is -0.174. The van der Waals surface area contributed by atoms with Crippen LogP contribution in [0.5, 0.6) is 0 Å². The Balaban J connectivity index is 1.89. The summed E-state index contributed by atoms with van der Waals surface area (Å²) in [6.45, 7) is 9.30. The van der Waals surface area contributed by atoms with Crippen LogP contribution < -0.4 is 0 Å². The summed E-state index contributed by atoms with van der Waals surface area (Å²) in [5.74, 6) is 1.45. The van der Waals surface area contributed by atoms with E-state index < -0.39 is 11.4 Å². The van der Waals surface area contributed by atoms with Crippen LogP contribution in [0.1, 0.15) is 85.5 Å². The Morgan fingerprint density at radius 3 is 2.45 bits per heavy atom. The summed E-state index contributed by atoms with van der Waals surface area (Å²) in [4.78, 5) is 12.0. The maximum atomic E-state index is 12.0. The normalized spacial score (nSPS) is 51.7. The molecule has 22 heavy (non-hydrogen) atoms. The van der Waals surface area contributed by atoms with Gasteiger partial charge in [0, 0.05) is 0 Å². The zero-order valence-corrected chi connectivity index (χ0v) is 15.0. The average Bonchev–Trinajstić information content (AvgIpc) is 2.46. The lowest BCUT2D eigenvalue weighted by Gasteiger charge is -2.61. The second-order valence-corrected chi connectivity index (χ2v) is 9.49. The van der Waals surface area contributed by atoms with E-state index >= 15 is 0 Å². The highest BCUT2D eigenvalue weighted by Gasteiger charge is 2.59. The minimum atomic E-state index is -0.545. The van der Waals surface area contributed by atoms with Gasteiger partial charge >= 0.3 is 5.97 Å². The first-order valence-electron chi connectivity index (χ1n) is 9.48. The summed E-state index contributed by atoms with van der Waals surface area (Å²) in [7, 11) is 0. The number of hydrogen-bond acceptors (Lipinski definition) is 1. The summed E-state index contributed by atoms with van der Waals surface area (Å²) in [6.07, 6.45) is 11.0. The first-order valence-corrected chi connectivity index (χ1v) is 9.48. The minimum Gasteiger partial charge on any atom is -0.481 e. The van der Waals surface area contributed by atoms with Crippen LogP contribution in [0.4, 0.5) is 0 Å². The monoisotopic (exact) mass is 306 g/mol. The number of hydrogen-bond donors (Lipinski definition) is 1. The van der Waals surface area contributed by atoms with Crippen molar-refractivity contribution >= 4 is 5.97 Å². The molecule has 0 saturated heterocycles. The third kappa shape index (κ3) is 2.24. The van der Waals surface area contributed by atoms with Gasteiger partial charge in [-0.3, -0.25) is 4.79 Å². The van der Waals surface area contributed by atoms with Crippen LogP contribution >= 0.6 is 0 Å². The molecule has 2 nitrogen and oxygen atoms in total. The maximum Gasteiger partial charge on any atom is 0.309 e. The van der Waals surface area contributed by atoms with Crippen LogP contribution in [0.3, 0.4) is 0 Å². The van der Waals surface area contributed by atoms with Gasteiger partial charge < -0.3 is 5.11 Å². The Hall–Kier alpha value is -0.530. The van der Waals surface area contributed by atoms with Crippen LogP contribution in [-0.4, -0.2) is 11.1 Å². The van der Waals surface area contributed by atoms with Crippen LogP contribution in [-0.2, 0) is 4.79 Å². The molecule has 0 amide bonds. The molecule has 3 fully saturated rings. The van der Waals surface area contributed by atoms with E-state index in [1.54, 1.807) is 0 Å². The lowest BCUT2D eigenvalue weighted by Crippen LogP contribution is -2.56. The standard InChI is InChI=1S/C20H34O2/c1-5-18(2)12-9-15-14(13-18)7-8-16-19(15,3)10-6-11-20(16,4)17(21)22/h14-16H,5-13H2,1-4H3,(H,21,22)/t14-,15-,16+,18+,19+,20+/m0/s1. The van der Waals surface area contributed by atoms with Gasteiger partial charge in [0.15, 0.2) is 0 Å². The van der Waals surface area contributed by atoms with Crippen LogP contribution in [0.25, 0.3) is 0 Å². The number of carboxylic acids is 1. The van der Waals surface area contributed by atoms with Crippen molar-refractivity contribution in [3.05, 3.63) is 0 Å². The fraction of sp³-hybridized carbons (Fsp3) is 0.950. The number of carbonyl (C=O) groups is 1. The van der Waals surface area contributed by atoms with Gasteiger partial charge in [0.1, 0.15) is 0 Å². The summed E-state index contributed by atoms with van der Waals surface area (Å²) < 4.78 is 0. The molecule has 2 heteroatoms. The first-order chi connectivity index (χ1) is 10.3. The molecule has 3 rings (SSSR count). The van der Waals surface area contributed by atoms with E-state index in [1.807, 2.05) is 6.92 Å². The molecule has 0 aromatic carbocycles. The van der Waals surface area contributed by atoms with Crippen molar-refractivity contribution in [3.63, 3.8) is 0 Å². The van der Waals surface area contributed by atoms with E-state index in [0.29, 0.717) is 11.3 Å². The van der Waals surface area contributed by atoms with E-state index in [1.165, 1.54) is 38.5 Å². The summed E-state index contributed by atoms with van der Waals surface area (Å²) >= 11 is 0. The average molecular weight is 306 g/mol. The smallest absolute Gasteiger partial charge is 0.309 e. The molecule has 3 aliphatic rings. The number of fused-ring (bicyclic) bond motifs is 3. The third-order valence-electron chi connectivity index (χ3n) is 8.37. The van der Waals surface area contributed by atoms with Crippen molar-refractivity contribution < 1.29 is 9.90 Å². The molecule has 3 aliphatic carbocycles. The highest BCUT2D eigenvalue weighted by molar-refractivity contribution is 5.75. The Labute approximate surface area is 136 Å². The van der Waals surface area contributed by atoms with Gasteiger partial charge in [0.05, 0.1) is 5.41 Å². The van der Waals surface area contributed by atoms with Crippen molar-refractivity contribution in [2.75, 3.05) is 0 Å². The zero-order chi connectivity index (χ0) is 16.2. The molecule has 0 aromatic rings. The second-order valence-electron chi connectivity index (χ2n) is 9.49. The Morgan fingerprint density at radius 1 is 1.09 bits per heavy atom. The predicted octanol–water partition coefficient (Wildman–Crippen LogP) is 5.51. The summed E-state index contributed by atoms with van der Waals surface area (Å²) in [5, 5.41) is 9.87. The van der Waals surface area contributed by atoms with Crippen molar-refractivity contribution in [3.8, 4) is 0 Å². The predicted molar refractivity (Wildman–Crippen MR) is 89.7 cm³/mol. The minimum absolute atomic E-state index is 0.267. The fourth-order valence-corrected chi connectivity index (χ4v) is 6.75. The molecule has 0 heterocycles. The van der Waals surface area contributed by atoms with Crippen molar-refractivity contribution in [1.82, 2.24) is 0 Å². The molecule has 1 N–H and O–H groups in total. The van der Waals surface area contributed by atoms with Gasteiger partial charge in [0.25, 0.3) is 0 Å². The van der Waals surface area contributed by atoms with Gasteiger partial charge in [-0.05, 0) is 80.5 Å². The van der Waals surface area contributed by atoms with E-state index in [-0.39, 0.29) is 5.41 Å². The Kier molecular flexibility index (Phi) is 3.89. The topological polar surface area (TPSA) is 37.3 Å². The van der Waals surface area contributed by atoms with Crippen molar-refractivity contribution in [2.24, 2.45) is 34.0 Å². The molecular formula is C20H34O2. The van der Waals surface area contributed by atoms with E-state index in [4.69, 9.17) is 0 Å². The number of carboxylic acid groups (broad SMARTS) is 1. The fourth-order valence-electron chi connectivity index (χ4n) is 6.75. The van der Waals surface area contributed by atoms with E-state index in [2.05, 4.69) is 20.8 Å². The highest BCUT2D eigenvalue weighted by atomic mass is 16.4. The zero-order valence-electron chi connectivity index (χ0n) is 15.0. The quantitative estimate of drug-likeness (QED) is 0.730. The Morgan fingerprint density at radius 2 is 1.82 bits per heavy atom. The summed E-state index contributed by atoms with van der Waals surface area (Å²) in [5.41, 5.74) is 0.321. The van der Waals surface area contributed by atoms with Crippen LogP contribution in [0, 0.1) is 34.0 Å². The van der Waals surface area contributed by atoms with Gasteiger partial charge in [-0.2, -0.15) is 0 Å². The second kappa shape index (κ2) is 5.24. The molecule has 0 spiro atoms. The van der Waals surface area contributed by atoms with Gasteiger partial charge in [0.2, 0.25) is 0 Å². The van der Waals surface area contributed by atoms with Gasteiger partial charge in [-0.1, -0.05) is 33.6 Å². The lowest BCUT2D eigenvalue weighted by atomic mass is 9.43. The molecule has 0 aromatic heterocycles. The number of rotatable bonds is 2. The van der Waals surface area contributed by atoms with Gasteiger partial charge in [-0.15, -0.1) is 0 Å². The SMILES string of the molecule is CC[C@]1(C)CC[C@H]2[C@@H](CC[C@@H]3[C@]2(C)CCC[C@@]3(C)C(=O)O)C1. The molecule has 126 valence electrons. The molecule has 0 bridgehead atoms. The molecule has 3 saturated carbocycles. The number of aliphatic carboxylic acids is 1. The molecule has 6 atom stereocenters. The van der Waals surface area contributed by atoms with E-state index in [0.717, 1.165) is 31.1 Å². The van der Waals surface area contributed by atoms with E-state index in [9.17, 15) is 9.90 Å². The molecular weight excluding hydrogens is 272 g/mol. The van der Waals surface area contributed by atoms with Crippen LogP contribution in [0.15, 0.2) is 0 Å². The third-order valence-corrected chi connectivity index (χ3v) is 8.37. The Bertz CT molecular complexity index is 459.